The zero-order valence-corrected chi connectivity index (χ0v) is 11.0. The number of hydrogen-bond donors (Lipinski definition) is 1. The Bertz CT molecular complexity index is 655. The van der Waals surface area contributed by atoms with Gasteiger partial charge in [-0.15, -0.1) is 0 Å². The Kier molecular flexibility index (Phi) is 3.46. The van der Waals surface area contributed by atoms with Crippen LogP contribution in [0, 0.1) is 0 Å². The quantitative estimate of drug-likeness (QED) is 0.858. The molecule has 5 heteroatoms. The number of aliphatic carboxylic acids is 1. The van der Waals surface area contributed by atoms with Gasteiger partial charge >= 0.3 is 5.97 Å². The Morgan fingerprint density at radius 1 is 1.32 bits per heavy atom. The normalized spacial score (nSPS) is 11.1. The molecule has 5 nitrogen and oxygen atoms in total. The highest BCUT2D eigenvalue weighted by Gasteiger charge is 2.12. The van der Waals surface area contributed by atoms with Crippen LogP contribution in [0.5, 0.6) is 11.5 Å². The summed E-state index contributed by atoms with van der Waals surface area (Å²) in [6, 6.07) is 3.66. The minimum absolute atomic E-state index is 0.667. The van der Waals surface area contributed by atoms with E-state index in [9.17, 15) is 4.79 Å². The van der Waals surface area contributed by atoms with E-state index >= 15 is 0 Å². The van der Waals surface area contributed by atoms with E-state index in [1.54, 1.807) is 26.4 Å². The van der Waals surface area contributed by atoms with Gasteiger partial charge in [0, 0.05) is 36.3 Å². The Hall–Kier alpha value is -2.43. The lowest BCUT2D eigenvalue weighted by Gasteiger charge is -2.07. The summed E-state index contributed by atoms with van der Waals surface area (Å²) in [5.74, 6) is 0.374. The monoisotopic (exact) mass is 261 g/mol. The first kappa shape index (κ1) is 13.0. The zero-order chi connectivity index (χ0) is 14.0. The summed E-state index contributed by atoms with van der Waals surface area (Å²) in [5.41, 5.74) is 1.70. The molecule has 1 heterocycles. The molecular weight excluding hydrogens is 246 g/mol. The van der Waals surface area contributed by atoms with E-state index in [0.717, 1.165) is 22.5 Å². The summed E-state index contributed by atoms with van der Waals surface area (Å²) in [4.78, 5) is 10.6. The minimum atomic E-state index is -0.980. The van der Waals surface area contributed by atoms with Crippen molar-refractivity contribution in [2.75, 3.05) is 14.2 Å². The number of aryl methyl sites for hydroxylation is 1. The van der Waals surface area contributed by atoms with Gasteiger partial charge in [0.05, 0.1) is 19.7 Å². The molecule has 0 spiro atoms. The highest BCUT2D eigenvalue weighted by molar-refractivity contribution is 5.97. The molecular formula is C14H15NO4. The number of fused-ring (bicyclic) bond motifs is 1. The van der Waals surface area contributed by atoms with Crippen LogP contribution in [0.15, 0.2) is 24.4 Å². The molecule has 0 bridgehead atoms. The Morgan fingerprint density at radius 2 is 2.05 bits per heavy atom. The number of aromatic nitrogens is 1. The predicted molar refractivity (Wildman–Crippen MR) is 72.7 cm³/mol. The van der Waals surface area contributed by atoms with Crippen LogP contribution in [0.1, 0.15) is 5.56 Å². The molecule has 0 aliphatic carbocycles. The number of carbonyl (C=O) groups is 1. The first-order valence-corrected chi connectivity index (χ1v) is 5.69. The van der Waals surface area contributed by atoms with Gasteiger partial charge in [-0.05, 0) is 12.1 Å². The van der Waals surface area contributed by atoms with Crippen LogP contribution in [0.3, 0.4) is 0 Å². The molecule has 0 saturated carbocycles. The lowest BCUT2D eigenvalue weighted by atomic mass is 10.1. The van der Waals surface area contributed by atoms with E-state index in [4.69, 9.17) is 14.6 Å². The fraction of sp³-hybridized carbons (Fsp3) is 0.214. The Balaban J connectivity index is 2.70. The molecule has 0 saturated heterocycles. The van der Waals surface area contributed by atoms with Crippen molar-refractivity contribution >= 4 is 22.9 Å². The van der Waals surface area contributed by atoms with Crippen LogP contribution in [0.2, 0.25) is 0 Å². The topological polar surface area (TPSA) is 60.7 Å². The number of benzene rings is 1. The molecule has 100 valence electrons. The number of methoxy groups -OCH3 is 2. The molecule has 2 rings (SSSR count). The molecule has 0 fully saturated rings. The molecule has 19 heavy (non-hydrogen) atoms. The second kappa shape index (κ2) is 5.06. The van der Waals surface area contributed by atoms with Crippen molar-refractivity contribution in [3.63, 3.8) is 0 Å². The molecule has 2 aromatic rings. The lowest BCUT2D eigenvalue weighted by molar-refractivity contribution is -0.131. The van der Waals surface area contributed by atoms with Crippen LogP contribution in [-0.4, -0.2) is 29.9 Å². The third-order valence-electron chi connectivity index (χ3n) is 2.91. The third kappa shape index (κ3) is 2.40. The van der Waals surface area contributed by atoms with E-state index < -0.39 is 5.97 Å². The van der Waals surface area contributed by atoms with Gasteiger partial charge in [-0.1, -0.05) is 0 Å². The van der Waals surface area contributed by atoms with Gasteiger partial charge in [0.15, 0.2) is 0 Å². The maximum absolute atomic E-state index is 10.6. The van der Waals surface area contributed by atoms with Crippen molar-refractivity contribution in [1.29, 1.82) is 0 Å². The SMILES string of the molecule is COc1cc(OC)c2c(c1)c(/C=C/C(=O)O)cn2C. The third-order valence-corrected chi connectivity index (χ3v) is 2.91. The maximum Gasteiger partial charge on any atom is 0.328 e. The zero-order valence-electron chi connectivity index (χ0n) is 11.0. The average Bonchev–Trinajstić information content (AvgIpc) is 2.72. The highest BCUT2D eigenvalue weighted by atomic mass is 16.5. The Labute approximate surface area is 110 Å². The van der Waals surface area contributed by atoms with E-state index in [1.165, 1.54) is 0 Å². The van der Waals surface area contributed by atoms with Crippen LogP contribution in [-0.2, 0) is 11.8 Å². The van der Waals surface area contributed by atoms with Gasteiger partial charge in [-0.2, -0.15) is 0 Å². The van der Waals surface area contributed by atoms with E-state index in [2.05, 4.69) is 0 Å². The van der Waals surface area contributed by atoms with Crippen molar-refractivity contribution in [3.8, 4) is 11.5 Å². The fourth-order valence-corrected chi connectivity index (χ4v) is 2.08. The number of ether oxygens (including phenoxy) is 2. The van der Waals surface area contributed by atoms with Crippen LogP contribution < -0.4 is 9.47 Å². The van der Waals surface area contributed by atoms with E-state index in [0.29, 0.717) is 11.5 Å². The standard InChI is InChI=1S/C14H15NO4/c1-15-8-9(4-5-13(16)17)11-6-10(18-2)7-12(19-3)14(11)15/h4-8H,1-3H3,(H,16,17)/b5-4+. The second-order valence-electron chi connectivity index (χ2n) is 4.09. The Morgan fingerprint density at radius 3 is 2.63 bits per heavy atom. The van der Waals surface area contributed by atoms with Gasteiger partial charge in [0.2, 0.25) is 0 Å². The van der Waals surface area contributed by atoms with E-state index in [1.807, 2.05) is 23.9 Å². The first-order valence-electron chi connectivity index (χ1n) is 5.69. The van der Waals surface area contributed by atoms with Crippen molar-refractivity contribution in [3.05, 3.63) is 30.0 Å². The summed E-state index contributed by atoms with van der Waals surface area (Å²) in [6.45, 7) is 0. The van der Waals surface area contributed by atoms with Crippen LogP contribution in [0.4, 0.5) is 0 Å². The summed E-state index contributed by atoms with van der Waals surface area (Å²) in [7, 11) is 5.06. The molecule has 1 N–H and O–H groups in total. The second-order valence-corrected chi connectivity index (χ2v) is 4.09. The molecule has 0 radical (unpaired) electrons. The summed E-state index contributed by atoms with van der Waals surface area (Å²) in [6.07, 6.45) is 4.52. The highest BCUT2D eigenvalue weighted by Crippen LogP contribution is 2.34. The number of nitrogens with zero attached hydrogens (tertiary/aromatic N) is 1. The van der Waals surface area contributed by atoms with Crippen LogP contribution >= 0.6 is 0 Å². The van der Waals surface area contributed by atoms with Gasteiger partial charge in [0.1, 0.15) is 11.5 Å². The summed E-state index contributed by atoms with van der Waals surface area (Å²) in [5, 5.41) is 9.60. The number of carboxylic acids is 1. The molecule has 0 aliphatic rings. The lowest BCUT2D eigenvalue weighted by Crippen LogP contribution is -1.92. The van der Waals surface area contributed by atoms with Crippen molar-refractivity contribution in [2.24, 2.45) is 7.05 Å². The van der Waals surface area contributed by atoms with Crippen molar-refractivity contribution in [1.82, 2.24) is 4.57 Å². The van der Waals surface area contributed by atoms with E-state index in [-0.39, 0.29) is 0 Å². The number of hydrogen-bond acceptors (Lipinski definition) is 3. The average molecular weight is 261 g/mol. The number of rotatable bonds is 4. The van der Waals surface area contributed by atoms with Crippen molar-refractivity contribution in [2.45, 2.75) is 0 Å². The van der Waals surface area contributed by atoms with Crippen LogP contribution in [0.25, 0.3) is 17.0 Å². The molecule has 0 amide bonds. The predicted octanol–water partition coefficient (Wildman–Crippen LogP) is 2.29. The van der Waals surface area contributed by atoms with Gasteiger partial charge < -0.3 is 19.1 Å². The minimum Gasteiger partial charge on any atom is -0.497 e. The molecule has 1 aromatic carbocycles. The van der Waals surface area contributed by atoms with Gasteiger partial charge in [-0.3, -0.25) is 0 Å². The maximum atomic E-state index is 10.6. The molecule has 1 aromatic heterocycles. The molecule has 0 aliphatic heterocycles. The van der Waals surface area contributed by atoms with Gasteiger partial charge in [0.25, 0.3) is 0 Å². The smallest absolute Gasteiger partial charge is 0.328 e. The largest absolute Gasteiger partial charge is 0.497 e. The fourth-order valence-electron chi connectivity index (χ4n) is 2.08. The van der Waals surface area contributed by atoms with Gasteiger partial charge in [-0.25, -0.2) is 4.79 Å². The first-order chi connectivity index (χ1) is 9.06. The summed E-state index contributed by atoms with van der Waals surface area (Å²) >= 11 is 0. The summed E-state index contributed by atoms with van der Waals surface area (Å²) < 4.78 is 12.5. The van der Waals surface area contributed by atoms with Crippen molar-refractivity contribution < 1.29 is 19.4 Å². The molecule has 0 atom stereocenters. The molecule has 0 unspecified atom stereocenters. The number of carboxylic acid groups (broad SMARTS) is 1.